The second kappa shape index (κ2) is 10.5. The van der Waals surface area contributed by atoms with Gasteiger partial charge in [0.15, 0.2) is 6.23 Å². The van der Waals surface area contributed by atoms with Crippen LogP contribution in [0, 0.1) is 0 Å². The van der Waals surface area contributed by atoms with Crippen LogP contribution < -0.4 is 11.2 Å². The van der Waals surface area contributed by atoms with E-state index in [0.717, 1.165) is 38.2 Å². The number of aliphatic hydroxyl groups excluding tert-OH is 2. The molecule has 20 heteroatoms. The first-order valence-electron chi connectivity index (χ1n) is 8.39. The van der Waals surface area contributed by atoms with Crippen molar-refractivity contribution in [1.82, 2.24) is 9.55 Å². The van der Waals surface area contributed by atoms with Crippen LogP contribution in [0.5, 0.6) is 0 Å². The topological polar surface area (TPSA) is 231 Å². The van der Waals surface area contributed by atoms with Crippen molar-refractivity contribution < 1.29 is 60.3 Å². The van der Waals surface area contributed by atoms with Crippen LogP contribution in [0.25, 0.3) is 0 Å². The lowest BCUT2D eigenvalue weighted by Crippen LogP contribution is -2.37. The third-order valence-corrected chi connectivity index (χ3v) is 8.99. The molecule has 0 aromatic carbocycles. The molecule has 2 heterocycles. The van der Waals surface area contributed by atoms with Crippen molar-refractivity contribution in [3.05, 3.63) is 33.1 Å². The molecule has 2 rings (SSSR count). The second-order valence-electron chi connectivity index (χ2n) is 5.93. The maximum absolute atomic E-state index is 12.6. The summed E-state index contributed by atoms with van der Waals surface area (Å²) in [6, 6.07) is 0.975. The summed E-state index contributed by atoms with van der Waals surface area (Å²) in [5, 5.41) is 20.3. The average molecular weight is 526 g/mol. The number of aromatic amines is 1. The van der Waals surface area contributed by atoms with E-state index in [4.69, 9.17) is 9.26 Å². The van der Waals surface area contributed by atoms with Gasteiger partial charge in [0, 0.05) is 33.6 Å². The average Bonchev–Trinajstić information content (AvgIpc) is 3.00. The monoisotopic (exact) mass is 526 g/mol. The Bertz CT molecular complexity index is 1050. The molecule has 184 valence electrons. The predicted octanol–water partition coefficient (Wildman–Crippen LogP) is -0.539. The molecule has 0 radical (unpaired) electrons. The van der Waals surface area contributed by atoms with Crippen molar-refractivity contribution in [2.75, 3.05) is 27.9 Å². The molecule has 0 aliphatic carbocycles. The summed E-state index contributed by atoms with van der Waals surface area (Å²) in [7, 11) is -12.5. The maximum atomic E-state index is 12.6. The largest absolute Gasteiger partial charge is 0.492 e. The fraction of sp³-hybridized carbons (Fsp3) is 0.667. The third kappa shape index (κ3) is 6.52. The zero-order valence-corrected chi connectivity index (χ0v) is 19.4. The summed E-state index contributed by atoms with van der Waals surface area (Å²) in [6.07, 6.45) is -5.22. The van der Waals surface area contributed by atoms with Crippen LogP contribution >= 0.6 is 23.5 Å². The molecule has 1 aliphatic heterocycles. The number of aliphatic hydroxyl groups is 2. The van der Waals surface area contributed by atoms with Crippen molar-refractivity contribution in [3.8, 4) is 0 Å². The summed E-state index contributed by atoms with van der Waals surface area (Å²) in [6.45, 7) is -0.817. The second-order valence-corrected chi connectivity index (χ2v) is 11.3. The van der Waals surface area contributed by atoms with Crippen LogP contribution in [0.15, 0.2) is 21.9 Å². The van der Waals surface area contributed by atoms with Crippen molar-refractivity contribution in [1.29, 1.82) is 0 Å². The Morgan fingerprint density at radius 3 is 2.19 bits per heavy atom. The first kappa shape index (κ1) is 27.2. The van der Waals surface area contributed by atoms with Gasteiger partial charge in [0.25, 0.3) is 5.56 Å². The van der Waals surface area contributed by atoms with Crippen LogP contribution in [0.4, 0.5) is 0 Å². The summed E-state index contributed by atoms with van der Waals surface area (Å²) >= 11 is 0. The van der Waals surface area contributed by atoms with E-state index >= 15 is 0 Å². The van der Waals surface area contributed by atoms with Crippen LogP contribution in [0.3, 0.4) is 0 Å². The molecule has 1 fully saturated rings. The zero-order chi connectivity index (χ0) is 24.3. The number of nitrogens with one attached hydrogen (secondary N) is 1. The van der Waals surface area contributed by atoms with Crippen molar-refractivity contribution in [2.24, 2.45) is 0 Å². The van der Waals surface area contributed by atoms with Crippen molar-refractivity contribution >= 4 is 23.5 Å². The quantitative estimate of drug-likeness (QED) is 0.265. The molecule has 0 saturated carbocycles. The van der Waals surface area contributed by atoms with Crippen LogP contribution in [0.1, 0.15) is 6.23 Å². The number of nitrogens with zero attached hydrogens (tertiary/aromatic N) is 1. The number of aromatic nitrogens is 2. The van der Waals surface area contributed by atoms with Gasteiger partial charge in [-0.3, -0.25) is 32.4 Å². The SMILES string of the molecule is COP(=O)(O)OP(=O)(OC)OP(=O)(OC)OCC1OC(n2ccc(=O)[nH]c2=O)C(O)C1O. The van der Waals surface area contributed by atoms with Gasteiger partial charge in [0.2, 0.25) is 0 Å². The van der Waals surface area contributed by atoms with Gasteiger partial charge in [-0.05, 0) is 0 Å². The Balaban J connectivity index is 2.13. The molecule has 0 bridgehead atoms. The first-order valence-corrected chi connectivity index (χ1v) is 12.8. The Kier molecular flexibility index (Phi) is 8.92. The van der Waals surface area contributed by atoms with E-state index in [1.165, 1.54) is 0 Å². The molecule has 32 heavy (non-hydrogen) atoms. The molecule has 0 amide bonds. The normalized spacial score (nSPS) is 29.2. The fourth-order valence-electron chi connectivity index (χ4n) is 2.36. The lowest BCUT2D eigenvalue weighted by Gasteiger charge is -2.23. The number of H-pyrrole nitrogens is 1. The molecule has 1 aromatic heterocycles. The zero-order valence-electron chi connectivity index (χ0n) is 16.7. The van der Waals surface area contributed by atoms with Gasteiger partial charge < -0.3 is 19.8 Å². The molecular weight excluding hydrogens is 505 g/mol. The first-order chi connectivity index (χ1) is 14.8. The molecule has 0 spiro atoms. The van der Waals surface area contributed by atoms with Gasteiger partial charge in [-0.15, -0.1) is 0 Å². The van der Waals surface area contributed by atoms with E-state index in [1.54, 1.807) is 0 Å². The molecule has 7 unspecified atom stereocenters. The van der Waals surface area contributed by atoms with Gasteiger partial charge >= 0.3 is 29.2 Å². The lowest BCUT2D eigenvalue weighted by molar-refractivity contribution is -0.0547. The Morgan fingerprint density at radius 2 is 1.66 bits per heavy atom. The Morgan fingerprint density at radius 1 is 1.03 bits per heavy atom. The van der Waals surface area contributed by atoms with E-state index in [2.05, 4.69) is 22.2 Å². The Labute approximate surface area is 179 Å². The minimum Gasteiger partial charge on any atom is -0.387 e. The van der Waals surface area contributed by atoms with E-state index in [1.807, 2.05) is 4.98 Å². The summed E-state index contributed by atoms with van der Waals surface area (Å²) in [5.74, 6) is 0. The lowest BCUT2D eigenvalue weighted by atomic mass is 10.1. The molecule has 4 N–H and O–H groups in total. The van der Waals surface area contributed by atoms with E-state index < -0.39 is 65.9 Å². The molecule has 7 atom stereocenters. The van der Waals surface area contributed by atoms with Gasteiger partial charge in [-0.2, -0.15) is 8.62 Å². The fourth-order valence-corrected chi connectivity index (χ4v) is 6.43. The highest BCUT2D eigenvalue weighted by Crippen LogP contribution is 2.71. The third-order valence-electron chi connectivity index (χ3n) is 3.94. The number of phosphoric ester groups is 2. The summed E-state index contributed by atoms with van der Waals surface area (Å²) in [5.41, 5.74) is -1.64. The van der Waals surface area contributed by atoms with E-state index in [-0.39, 0.29) is 0 Å². The number of hydrogen-bond acceptors (Lipinski definition) is 14. The highest BCUT2D eigenvalue weighted by molar-refractivity contribution is 7.67. The minimum absolute atomic E-state index is 0.706. The van der Waals surface area contributed by atoms with Crippen LogP contribution in [-0.2, 0) is 45.1 Å². The van der Waals surface area contributed by atoms with Crippen LogP contribution in [0.2, 0.25) is 0 Å². The van der Waals surface area contributed by atoms with E-state index in [0.29, 0.717) is 0 Å². The molecule has 1 aliphatic rings. The molecule has 1 saturated heterocycles. The standard InChI is InChI=1S/C12H21N2O15P3/c1-23-30(19,20)28-32(22,25-3)29-31(21,24-2)26-6-7-9(16)10(17)11(27-7)14-5-4-8(15)13-12(14)18/h4-5,7,9-11,16-17H,6H2,1-3H3,(H,19,20)(H,13,15,18). The maximum Gasteiger partial charge on any atom is 0.492 e. The predicted molar refractivity (Wildman–Crippen MR) is 101 cm³/mol. The van der Waals surface area contributed by atoms with Gasteiger partial charge in [0.1, 0.15) is 18.3 Å². The van der Waals surface area contributed by atoms with E-state index in [9.17, 15) is 38.4 Å². The summed E-state index contributed by atoms with van der Waals surface area (Å²) in [4.78, 5) is 34.3. The number of hydrogen-bond donors (Lipinski definition) is 4. The summed E-state index contributed by atoms with van der Waals surface area (Å²) < 4.78 is 69.2. The van der Waals surface area contributed by atoms with Crippen molar-refractivity contribution in [2.45, 2.75) is 24.5 Å². The van der Waals surface area contributed by atoms with Gasteiger partial charge in [-0.1, -0.05) is 0 Å². The number of phosphoric acid groups is 3. The van der Waals surface area contributed by atoms with Crippen LogP contribution in [-0.4, -0.2) is 70.9 Å². The highest BCUT2D eigenvalue weighted by Gasteiger charge is 2.48. The number of ether oxygens (including phenoxy) is 1. The van der Waals surface area contributed by atoms with Crippen molar-refractivity contribution in [3.63, 3.8) is 0 Å². The number of rotatable bonds is 11. The van der Waals surface area contributed by atoms with Gasteiger partial charge in [-0.25, -0.2) is 18.5 Å². The Hall–Kier alpha value is -1.03. The van der Waals surface area contributed by atoms with Gasteiger partial charge in [0.05, 0.1) is 6.61 Å². The smallest absolute Gasteiger partial charge is 0.387 e. The molecule has 17 nitrogen and oxygen atoms in total. The highest BCUT2D eigenvalue weighted by atomic mass is 31.3. The molecule has 1 aromatic rings. The molecular formula is C12H21N2O15P3. The minimum atomic E-state index is -5.02.